The number of para-hydroxylation sites is 1. The molecular formula is C26H27N5O. The fourth-order valence-corrected chi connectivity index (χ4v) is 3.93. The van der Waals surface area contributed by atoms with E-state index >= 15 is 0 Å². The van der Waals surface area contributed by atoms with Gasteiger partial charge in [-0.25, -0.2) is 0 Å². The number of ether oxygens (including phenoxy) is 1. The maximum Gasteiger partial charge on any atom is 0.0642 e. The number of fused-ring (bicyclic) bond motifs is 1. The molecule has 0 radical (unpaired) electrons. The summed E-state index contributed by atoms with van der Waals surface area (Å²) in [6, 6.07) is 23.0. The van der Waals surface area contributed by atoms with Gasteiger partial charge in [-0.1, -0.05) is 35.9 Å². The number of hydrogen-bond acceptors (Lipinski definition) is 5. The molecule has 0 bridgehead atoms. The maximum absolute atomic E-state index is 5.53. The summed E-state index contributed by atoms with van der Waals surface area (Å²) >= 11 is 0. The van der Waals surface area contributed by atoms with Gasteiger partial charge in [0.1, 0.15) is 0 Å². The quantitative estimate of drug-likeness (QED) is 0.282. The fourth-order valence-electron chi connectivity index (χ4n) is 3.93. The fraction of sp³-hybridized carbons (Fsp3) is 0.192. The monoisotopic (exact) mass is 425 g/mol. The number of rotatable bonds is 6. The number of hydrogen-bond donors (Lipinski definition) is 3. The molecule has 1 aliphatic rings. The lowest BCUT2D eigenvalue weighted by molar-refractivity contribution is 0.122. The first-order valence-electron chi connectivity index (χ1n) is 10.9. The van der Waals surface area contributed by atoms with Crippen LogP contribution in [0.2, 0.25) is 0 Å². The van der Waals surface area contributed by atoms with Crippen molar-refractivity contribution in [3.8, 4) is 0 Å². The van der Waals surface area contributed by atoms with E-state index in [4.69, 9.17) is 4.74 Å². The third-order valence-corrected chi connectivity index (χ3v) is 5.65. The van der Waals surface area contributed by atoms with E-state index in [1.807, 2.05) is 24.5 Å². The van der Waals surface area contributed by atoms with Crippen LogP contribution in [0.25, 0.3) is 10.9 Å². The molecule has 3 aromatic carbocycles. The second-order valence-corrected chi connectivity index (χ2v) is 8.02. The second-order valence-electron chi connectivity index (χ2n) is 8.02. The molecule has 0 spiro atoms. The number of aryl methyl sites for hydroxylation is 1. The molecule has 1 fully saturated rings. The molecule has 6 heteroatoms. The van der Waals surface area contributed by atoms with E-state index in [0.717, 1.165) is 65.5 Å². The van der Waals surface area contributed by atoms with Gasteiger partial charge in [0.05, 0.1) is 25.1 Å². The Kier molecular flexibility index (Phi) is 5.77. The molecule has 1 aromatic heterocycles. The molecule has 0 aliphatic carbocycles. The molecule has 162 valence electrons. The van der Waals surface area contributed by atoms with Gasteiger partial charge in [-0.3, -0.25) is 5.43 Å². The van der Waals surface area contributed by atoms with Crippen molar-refractivity contribution < 1.29 is 4.74 Å². The van der Waals surface area contributed by atoms with Crippen LogP contribution in [-0.4, -0.2) is 37.5 Å². The van der Waals surface area contributed by atoms with Crippen molar-refractivity contribution in [1.82, 2.24) is 4.98 Å². The van der Waals surface area contributed by atoms with Crippen molar-refractivity contribution in [2.75, 3.05) is 41.9 Å². The molecule has 6 nitrogen and oxygen atoms in total. The molecule has 1 saturated heterocycles. The minimum atomic E-state index is 0.747. The molecule has 0 saturated carbocycles. The molecule has 5 rings (SSSR count). The molecular weight excluding hydrogens is 398 g/mol. The first-order chi connectivity index (χ1) is 15.7. The molecule has 32 heavy (non-hydrogen) atoms. The van der Waals surface area contributed by atoms with Crippen LogP contribution in [0.5, 0.6) is 0 Å². The molecule has 0 unspecified atom stereocenters. The third-order valence-electron chi connectivity index (χ3n) is 5.65. The van der Waals surface area contributed by atoms with E-state index in [9.17, 15) is 0 Å². The van der Waals surface area contributed by atoms with Crippen molar-refractivity contribution in [3.63, 3.8) is 0 Å². The Morgan fingerprint density at radius 1 is 0.938 bits per heavy atom. The number of nitrogens with zero attached hydrogens (tertiary/aromatic N) is 2. The average Bonchev–Trinajstić information content (AvgIpc) is 3.24. The smallest absolute Gasteiger partial charge is 0.0642 e. The number of aromatic amines is 1. The van der Waals surface area contributed by atoms with Gasteiger partial charge in [0.25, 0.3) is 0 Å². The first kappa shape index (κ1) is 20.2. The normalized spacial score (nSPS) is 14.2. The number of benzene rings is 3. The Bertz CT molecular complexity index is 1220. The van der Waals surface area contributed by atoms with Crippen molar-refractivity contribution in [2.45, 2.75) is 6.92 Å². The van der Waals surface area contributed by atoms with Gasteiger partial charge in [-0.2, -0.15) is 5.10 Å². The summed E-state index contributed by atoms with van der Waals surface area (Å²) in [5, 5.41) is 9.19. The predicted molar refractivity (Wildman–Crippen MR) is 133 cm³/mol. The molecule has 1 aliphatic heterocycles. The van der Waals surface area contributed by atoms with E-state index in [0.29, 0.717) is 0 Å². The molecule has 0 amide bonds. The van der Waals surface area contributed by atoms with Crippen LogP contribution in [0.15, 0.2) is 78.0 Å². The second kappa shape index (κ2) is 9.16. The highest BCUT2D eigenvalue weighted by Gasteiger charge is 2.13. The standard InChI is InChI=1S/C26H27N5O/c1-19-6-8-21(9-7-19)29-22-14-23(16-24(15-22)31-10-12-32-13-11-31)30-28-18-20-17-27-26-5-3-2-4-25(20)26/h2-9,14-18,27,29-30H,10-13H2,1H3. The summed E-state index contributed by atoms with van der Waals surface area (Å²) in [6.45, 7) is 5.35. The van der Waals surface area contributed by atoms with Crippen LogP contribution in [0.3, 0.4) is 0 Å². The largest absolute Gasteiger partial charge is 0.378 e. The lowest BCUT2D eigenvalue weighted by Crippen LogP contribution is -2.36. The maximum atomic E-state index is 5.53. The van der Waals surface area contributed by atoms with Gasteiger partial charge in [-0.15, -0.1) is 0 Å². The Balaban J connectivity index is 1.40. The molecule has 4 aromatic rings. The number of hydrazone groups is 1. The number of aromatic nitrogens is 1. The van der Waals surface area contributed by atoms with Gasteiger partial charge in [0, 0.05) is 52.8 Å². The Morgan fingerprint density at radius 3 is 2.56 bits per heavy atom. The summed E-state index contributed by atoms with van der Waals surface area (Å²) in [7, 11) is 0. The van der Waals surface area contributed by atoms with Crippen LogP contribution >= 0.6 is 0 Å². The van der Waals surface area contributed by atoms with Gasteiger partial charge in [0.2, 0.25) is 0 Å². The topological polar surface area (TPSA) is 64.7 Å². The molecule has 0 atom stereocenters. The predicted octanol–water partition coefficient (Wildman–Crippen LogP) is 5.50. The third kappa shape index (κ3) is 4.60. The highest BCUT2D eigenvalue weighted by Crippen LogP contribution is 2.29. The Labute approximate surface area is 187 Å². The molecule has 3 N–H and O–H groups in total. The number of H-pyrrole nitrogens is 1. The van der Waals surface area contributed by atoms with E-state index < -0.39 is 0 Å². The molecule has 2 heterocycles. The summed E-state index contributed by atoms with van der Waals surface area (Å²) < 4.78 is 5.53. The van der Waals surface area contributed by atoms with Crippen molar-refractivity contribution >= 4 is 39.9 Å². The Morgan fingerprint density at radius 2 is 1.72 bits per heavy atom. The van der Waals surface area contributed by atoms with Crippen LogP contribution in [0.1, 0.15) is 11.1 Å². The summed E-state index contributed by atoms with van der Waals surface area (Å²) in [4.78, 5) is 5.63. The van der Waals surface area contributed by atoms with Crippen LogP contribution in [-0.2, 0) is 4.74 Å². The highest BCUT2D eigenvalue weighted by molar-refractivity contribution is 5.99. The minimum Gasteiger partial charge on any atom is -0.378 e. The summed E-state index contributed by atoms with van der Waals surface area (Å²) in [5.41, 5.74) is 10.8. The number of anilines is 4. The SMILES string of the molecule is Cc1ccc(Nc2cc(NN=Cc3c[nH]c4ccccc34)cc(N3CCOCC3)c2)cc1. The highest BCUT2D eigenvalue weighted by atomic mass is 16.5. The van der Waals surface area contributed by atoms with Crippen LogP contribution in [0.4, 0.5) is 22.7 Å². The van der Waals surface area contributed by atoms with Gasteiger partial charge in [-0.05, 0) is 43.3 Å². The van der Waals surface area contributed by atoms with E-state index in [1.165, 1.54) is 5.56 Å². The van der Waals surface area contributed by atoms with E-state index in [2.05, 4.69) is 87.2 Å². The van der Waals surface area contributed by atoms with Gasteiger partial charge < -0.3 is 19.9 Å². The summed E-state index contributed by atoms with van der Waals surface area (Å²) in [5.74, 6) is 0. The Hall–Kier alpha value is -3.77. The van der Waals surface area contributed by atoms with E-state index in [1.54, 1.807) is 0 Å². The van der Waals surface area contributed by atoms with Crippen LogP contribution < -0.4 is 15.6 Å². The van der Waals surface area contributed by atoms with Gasteiger partial charge in [0.15, 0.2) is 0 Å². The average molecular weight is 426 g/mol. The lowest BCUT2D eigenvalue weighted by atomic mass is 10.2. The number of nitrogens with one attached hydrogen (secondary N) is 3. The van der Waals surface area contributed by atoms with Crippen molar-refractivity contribution in [1.29, 1.82) is 0 Å². The minimum absolute atomic E-state index is 0.747. The van der Waals surface area contributed by atoms with Crippen molar-refractivity contribution in [3.05, 3.63) is 84.1 Å². The van der Waals surface area contributed by atoms with E-state index in [-0.39, 0.29) is 0 Å². The van der Waals surface area contributed by atoms with Crippen LogP contribution in [0, 0.1) is 6.92 Å². The van der Waals surface area contributed by atoms with Gasteiger partial charge >= 0.3 is 0 Å². The summed E-state index contributed by atoms with van der Waals surface area (Å²) in [6.07, 6.45) is 3.83. The zero-order chi connectivity index (χ0) is 21.8. The zero-order valence-corrected chi connectivity index (χ0v) is 18.1. The zero-order valence-electron chi connectivity index (χ0n) is 18.1. The lowest BCUT2D eigenvalue weighted by Gasteiger charge is -2.29. The first-order valence-corrected chi connectivity index (χ1v) is 10.9. The van der Waals surface area contributed by atoms with Crippen molar-refractivity contribution in [2.24, 2.45) is 5.10 Å². The number of morpholine rings is 1.